The molecule has 2 aliphatic heterocycles. The van der Waals surface area contributed by atoms with Crippen LogP contribution in [0.1, 0.15) is 76.2 Å². The van der Waals surface area contributed by atoms with Gasteiger partial charge in [0, 0.05) is 0 Å². The lowest BCUT2D eigenvalue weighted by atomic mass is 10.3. The summed E-state index contributed by atoms with van der Waals surface area (Å²) in [7, 11) is 0. The van der Waals surface area contributed by atoms with Crippen LogP contribution in [0.4, 0.5) is 0 Å². The van der Waals surface area contributed by atoms with Crippen molar-refractivity contribution in [3.8, 4) is 0 Å². The van der Waals surface area contributed by atoms with Crippen LogP contribution in [0, 0.1) is 0 Å². The van der Waals surface area contributed by atoms with Gasteiger partial charge in [-0.2, -0.15) is 0 Å². The van der Waals surface area contributed by atoms with E-state index in [2.05, 4.69) is 0 Å². The first-order chi connectivity index (χ1) is 25.3. The van der Waals surface area contributed by atoms with Gasteiger partial charge in [0.15, 0.2) is 0 Å². The lowest BCUT2D eigenvalue weighted by Crippen LogP contribution is -2.31. The Morgan fingerprint density at radius 3 is 0.717 bits per heavy atom. The van der Waals surface area contributed by atoms with E-state index in [1.54, 1.807) is 0 Å². The first kappa shape index (κ1) is 48.6. The van der Waals surface area contributed by atoms with E-state index in [0.717, 1.165) is 13.2 Å². The number of epoxide rings is 2. The van der Waals surface area contributed by atoms with Crippen molar-refractivity contribution in [2.75, 3.05) is 99.1 Å². The minimum atomic E-state index is -0.0806. The monoisotopic (exact) mass is 769 g/mol. The summed E-state index contributed by atoms with van der Waals surface area (Å²) in [5, 5.41) is 0. The number of ether oxygens (including phenoxy) is 14. The number of rotatable bonds is 37. The summed E-state index contributed by atoms with van der Waals surface area (Å²) in [6, 6.07) is 0. The highest BCUT2D eigenvalue weighted by molar-refractivity contribution is 4.69. The van der Waals surface area contributed by atoms with Crippen molar-refractivity contribution in [2.24, 2.45) is 0 Å². The highest BCUT2D eigenvalue weighted by Crippen LogP contribution is 2.11. The third kappa shape index (κ3) is 28.5. The molecule has 0 N–H and O–H groups in total. The molecular weight excluding hydrogens is 692 g/mol. The van der Waals surface area contributed by atoms with Gasteiger partial charge in [-0.1, -0.05) is 0 Å². The maximum Gasteiger partial charge on any atom is 0.104 e. The molecular formula is C39H76O14. The zero-order chi connectivity index (χ0) is 39.0. The van der Waals surface area contributed by atoms with E-state index < -0.39 is 0 Å². The van der Waals surface area contributed by atoms with Gasteiger partial charge in [0.2, 0.25) is 0 Å². The maximum atomic E-state index is 5.96. The van der Waals surface area contributed by atoms with E-state index in [1.165, 1.54) is 0 Å². The van der Waals surface area contributed by atoms with E-state index in [0.29, 0.717) is 85.9 Å². The van der Waals surface area contributed by atoms with Gasteiger partial charge in [0.25, 0.3) is 0 Å². The zero-order valence-electron chi connectivity index (χ0n) is 34.8. The fraction of sp³-hybridized carbons (Fsp3) is 1.00. The first-order valence-corrected chi connectivity index (χ1v) is 19.9. The van der Waals surface area contributed by atoms with Gasteiger partial charge in [0.1, 0.15) is 12.2 Å². The minimum Gasteiger partial charge on any atom is -0.376 e. The van der Waals surface area contributed by atoms with Crippen LogP contribution < -0.4 is 0 Å². The third-order valence-electron chi connectivity index (χ3n) is 8.18. The fourth-order valence-electron chi connectivity index (χ4n) is 4.49. The van der Waals surface area contributed by atoms with Crippen molar-refractivity contribution in [2.45, 2.75) is 156 Å². The minimum absolute atomic E-state index is 0.00856. The Morgan fingerprint density at radius 2 is 0.491 bits per heavy atom. The average Bonchev–Trinajstić information content (AvgIpc) is 4.08. The summed E-state index contributed by atoms with van der Waals surface area (Å²) in [5.41, 5.74) is 0. The van der Waals surface area contributed by atoms with Gasteiger partial charge in [0.05, 0.1) is 166 Å². The smallest absolute Gasteiger partial charge is 0.104 e. The second-order valence-corrected chi connectivity index (χ2v) is 15.0. The predicted octanol–water partition coefficient (Wildman–Crippen LogP) is 4.26. The van der Waals surface area contributed by atoms with E-state index in [4.69, 9.17) is 66.3 Å². The Balaban J connectivity index is 1.40. The molecule has 2 fully saturated rings. The number of hydrogen-bond donors (Lipinski definition) is 0. The zero-order valence-corrected chi connectivity index (χ0v) is 34.8. The van der Waals surface area contributed by atoms with Crippen LogP contribution in [-0.2, 0) is 66.3 Å². The van der Waals surface area contributed by atoms with Crippen LogP contribution in [0.2, 0.25) is 0 Å². The Labute approximate surface area is 320 Å². The second-order valence-electron chi connectivity index (χ2n) is 15.0. The lowest BCUT2D eigenvalue weighted by Gasteiger charge is -2.23. The van der Waals surface area contributed by atoms with Crippen LogP contribution in [-0.4, -0.2) is 178 Å². The van der Waals surface area contributed by atoms with Gasteiger partial charge in [-0.15, -0.1) is 0 Å². The molecule has 2 aliphatic rings. The van der Waals surface area contributed by atoms with Crippen molar-refractivity contribution in [3.05, 3.63) is 0 Å². The quantitative estimate of drug-likeness (QED) is 0.0834. The van der Waals surface area contributed by atoms with Crippen molar-refractivity contribution >= 4 is 0 Å². The van der Waals surface area contributed by atoms with Crippen molar-refractivity contribution < 1.29 is 66.3 Å². The van der Waals surface area contributed by atoms with Gasteiger partial charge < -0.3 is 66.3 Å². The van der Waals surface area contributed by atoms with E-state index in [-0.39, 0.29) is 79.4 Å². The molecule has 0 aromatic carbocycles. The SMILES string of the molecule is CC(COCC1CO1)OCC(C)OCC(C)OCC(C)OCC(C)OCC(C)OCC(C)OCC(C)OCC(C)OCC(C)OCC(C)OCC1CO1. The van der Waals surface area contributed by atoms with E-state index in [1.807, 2.05) is 76.2 Å². The summed E-state index contributed by atoms with van der Waals surface area (Å²) >= 11 is 0. The van der Waals surface area contributed by atoms with Crippen LogP contribution in [0.25, 0.3) is 0 Å². The van der Waals surface area contributed by atoms with Crippen LogP contribution in [0.5, 0.6) is 0 Å². The molecule has 53 heavy (non-hydrogen) atoms. The molecule has 14 heteroatoms. The molecule has 2 heterocycles. The van der Waals surface area contributed by atoms with Gasteiger partial charge in [-0.3, -0.25) is 0 Å². The Morgan fingerprint density at radius 1 is 0.302 bits per heavy atom. The van der Waals surface area contributed by atoms with Gasteiger partial charge in [-0.25, -0.2) is 0 Å². The van der Waals surface area contributed by atoms with Crippen LogP contribution in [0.3, 0.4) is 0 Å². The van der Waals surface area contributed by atoms with Crippen molar-refractivity contribution in [1.29, 1.82) is 0 Å². The molecule has 0 aliphatic carbocycles. The van der Waals surface area contributed by atoms with Gasteiger partial charge >= 0.3 is 0 Å². The highest BCUT2D eigenvalue weighted by Gasteiger charge is 2.24. The molecule has 13 unspecified atom stereocenters. The second kappa shape index (κ2) is 28.8. The largest absolute Gasteiger partial charge is 0.376 e. The summed E-state index contributed by atoms with van der Waals surface area (Å²) in [4.78, 5) is 0. The van der Waals surface area contributed by atoms with E-state index >= 15 is 0 Å². The van der Waals surface area contributed by atoms with Crippen LogP contribution >= 0.6 is 0 Å². The summed E-state index contributed by atoms with van der Waals surface area (Å²) in [6.07, 6.45) is -0.00493. The molecule has 0 bridgehead atoms. The number of hydrogen-bond acceptors (Lipinski definition) is 14. The molecule has 2 rings (SSSR count). The molecule has 0 spiro atoms. The first-order valence-electron chi connectivity index (χ1n) is 19.9. The molecule has 13 atom stereocenters. The molecule has 0 amide bonds. The van der Waals surface area contributed by atoms with Crippen LogP contribution in [0.15, 0.2) is 0 Å². The lowest BCUT2D eigenvalue weighted by molar-refractivity contribution is -0.113. The summed E-state index contributed by atoms with van der Waals surface area (Å²) in [5.74, 6) is 0. The highest BCUT2D eigenvalue weighted by atomic mass is 16.6. The van der Waals surface area contributed by atoms with Gasteiger partial charge in [-0.05, 0) is 76.2 Å². The molecule has 0 saturated carbocycles. The van der Waals surface area contributed by atoms with E-state index in [9.17, 15) is 0 Å². The molecule has 2 saturated heterocycles. The Kier molecular flexibility index (Phi) is 26.4. The third-order valence-corrected chi connectivity index (χ3v) is 8.18. The Hall–Kier alpha value is -0.560. The molecule has 316 valence electrons. The molecule has 0 aromatic heterocycles. The topological polar surface area (TPSA) is 136 Å². The standard InChI is InChI=1S/C39H76O14/c1-27(12-40-23-38-25-52-38)41-13-28(2)42-14-29(3)43-15-30(4)44-16-31(5)45-17-32(6)46-18-33(7)47-19-34(8)48-20-35(9)49-21-36(10)50-22-37(11)51-24-39-26-53-39/h27-39H,12-26H2,1-11H3. The maximum absolute atomic E-state index is 5.96. The molecule has 0 aromatic rings. The normalized spacial score (nSPS) is 23.4. The Bertz CT molecular complexity index is 864. The molecule has 14 nitrogen and oxygen atoms in total. The van der Waals surface area contributed by atoms with Crippen molar-refractivity contribution in [1.82, 2.24) is 0 Å². The fourth-order valence-corrected chi connectivity index (χ4v) is 4.49. The summed E-state index contributed by atoms with van der Waals surface area (Å²) in [6.45, 7) is 30.1. The molecule has 0 radical (unpaired) electrons. The average molecular weight is 769 g/mol. The summed E-state index contributed by atoms with van der Waals surface area (Å²) < 4.78 is 80.7. The van der Waals surface area contributed by atoms with Crippen molar-refractivity contribution in [3.63, 3.8) is 0 Å². The predicted molar refractivity (Wildman–Crippen MR) is 200 cm³/mol.